The van der Waals surface area contributed by atoms with Gasteiger partial charge in [-0.2, -0.15) is 5.10 Å². The van der Waals surface area contributed by atoms with Crippen LogP contribution in [0.1, 0.15) is 43.5 Å². The van der Waals surface area contributed by atoms with E-state index in [4.69, 9.17) is 4.42 Å². The van der Waals surface area contributed by atoms with Crippen LogP contribution in [0.5, 0.6) is 0 Å². The molecule has 1 atom stereocenters. The molecule has 2 heterocycles. The second-order valence-electron chi connectivity index (χ2n) is 4.83. The number of nitrogens with one attached hydrogen (secondary N) is 1. The van der Waals surface area contributed by atoms with Crippen LogP contribution in [0.4, 0.5) is 0 Å². The minimum absolute atomic E-state index is 0.254. The van der Waals surface area contributed by atoms with E-state index in [1.54, 1.807) is 6.26 Å². The van der Waals surface area contributed by atoms with Gasteiger partial charge in [-0.1, -0.05) is 13.8 Å². The summed E-state index contributed by atoms with van der Waals surface area (Å²) in [5.74, 6) is 1.01. The molecule has 0 aliphatic carbocycles. The van der Waals surface area contributed by atoms with Crippen molar-refractivity contribution in [2.75, 3.05) is 6.54 Å². The van der Waals surface area contributed by atoms with E-state index in [9.17, 15) is 0 Å². The minimum Gasteiger partial charge on any atom is -0.469 e. The zero-order chi connectivity index (χ0) is 13.7. The van der Waals surface area contributed by atoms with Crippen LogP contribution in [0, 0.1) is 0 Å². The van der Waals surface area contributed by atoms with Gasteiger partial charge in [-0.25, -0.2) is 0 Å². The molecule has 0 bridgehead atoms. The van der Waals surface area contributed by atoms with Crippen molar-refractivity contribution in [2.24, 2.45) is 7.05 Å². The summed E-state index contributed by atoms with van der Waals surface area (Å²) in [5.41, 5.74) is 2.36. The lowest BCUT2D eigenvalue weighted by Crippen LogP contribution is -2.26. The van der Waals surface area contributed by atoms with E-state index in [1.807, 2.05) is 23.9 Å². The number of hydrogen-bond donors (Lipinski definition) is 1. The highest BCUT2D eigenvalue weighted by molar-refractivity contribution is 5.16. The summed E-state index contributed by atoms with van der Waals surface area (Å²) < 4.78 is 7.45. The van der Waals surface area contributed by atoms with Crippen LogP contribution in [-0.4, -0.2) is 16.3 Å². The molecule has 0 saturated carbocycles. The van der Waals surface area contributed by atoms with Gasteiger partial charge in [0.05, 0.1) is 23.7 Å². The first-order valence-electron chi connectivity index (χ1n) is 7.03. The van der Waals surface area contributed by atoms with Crippen molar-refractivity contribution in [1.29, 1.82) is 0 Å². The molecule has 0 fully saturated rings. The predicted octanol–water partition coefficient (Wildman–Crippen LogP) is 2.86. The highest BCUT2D eigenvalue weighted by atomic mass is 16.3. The molecule has 4 nitrogen and oxygen atoms in total. The molecule has 2 rings (SSSR count). The fourth-order valence-corrected chi connectivity index (χ4v) is 2.27. The first-order valence-corrected chi connectivity index (χ1v) is 7.03. The second kappa shape index (κ2) is 6.57. The van der Waals surface area contributed by atoms with Gasteiger partial charge in [0, 0.05) is 13.5 Å². The van der Waals surface area contributed by atoms with Crippen LogP contribution in [0.25, 0.3) is 0 Å². The number of rotatable bonds is 7. The summed E-state index contributed by atoms with van der Waals surface area (Å²) in [5, 5.41) is 8.11. The summed E-state index contributed by atoms with van der Waals surface area (Å²) in [6.07, 6.45) is 4.67. The van der Waals surface area contributed by atoms with Gasteiger partial charge in [-0.15, -0.1) is 0 Å². The van der Waals surface area contributed by atoms with Gasteiger partial charge in [0.2, 0.25) is 0 Å². The quantitative estimate of drug-likeness (QED) is 0.833. The van der Waals surface area contributed by atoms with E-state index in [0.29, 0.717) is 0 Å². The van der Waals surface area contributed by atoms with Crippen molar-refractivity contribution in [1.82, 2.24) is 15.1 Å². The topological polar surface area (TPSA) is 43.0 Å². The number of aromatic nitrogens is 2. The first kappa shape index (κ1) is 13.9. The van der Waals surface area contributed by atoms with Crippen LogP contribution in [0.2, 0.25) is 0 Å². The van der Waals surface area contributed by atoms with E-state index in [1.165, 1.54) is 5.69 Å². The molecule has 2 aromatic rings. The van der Waals surface area contributed by atoms with Crippen LogP contribution in [0.3, 0.4) is 0 Å². The fourth-order valence-electron chi connectivity index (χ4n) is 2.27. The molecule has 1 N–H and O–H groups in total. The van der Waals surface area contributed by atoms with E-state index in [-0.39, 0.29) is 6.04 Å². The molecule has 0 radical (unpaired) electrons. The lowest BCUT2D eigenvalue weighted by molar-refractivity contribution is 0.433. The Labute approximate surface area is 114 Å². The Morgan fingerprint density at radius 2 is 2.26 bits per heavy atom. The largest absolute Gasteiger partial charge is 0.469 e. The van der Waals surface area contributed by atoms with Crippen molar-refractivity contribution in [2.45, 2.75) is 39.2 Å². The maximum atomic E-state index is 5.47. The summed E-state index contributed by atoms with van der Waals surface area (Å²) in [7, 11) is 2.01. The molecular formula is C15H23N3O. The summed E-state index contributed by atoms with van der Waals surface area (Å²) in [6.45, 7) is 5.31. The Morgan fingerprint density at radius 3 is 2.84 bits per heavy atom. The number of hydrogen-bond acceptors (Lipinski definition) is 3. The molecule has 19 heavy (non-hydrogen) atoms. The van der Waals surface area contributed by atoms with Gasteiger partial charge in [0.25, 0.3) is 0 Å². The summed E-state index contributed by atoms with van der Waals surface area (Å²) >= 11 is 0. The first-order chi connectivity index (χ1) is 9.24. The minimum atomic E-state index is 0.254. The fraction of sp³-hybridized carbons (Fsp3) is 0.533. The zero-order valence-electron chi connectivity index (χ0n) is 12.0. The molecule has 0 amide bonds. The van der Waals surface area contributed by atoms with Gasteiger partial charge < -0.3 is 9.73 Å². The molecule has 0 aliphatic rings. The maximum Gasteiger partial charge on any atom is 0.105 e. The lowest BCUT2D eigenvalue weighted by atomic mass is 10.1. The molecular weight excluding hydrogens is 238 g/mol. The van der Waals surface area contributed by atoms with E-state index in [0.717, 1.165) is 37.3 Å². The lowest BCUT2D eigenvalue weighted by Gasteiger charge is -2.17. The van der Waals surface area contributed by atoms with E-state index in [2.05, 4.69) is 30.3 Å². The summed E-state index contributed by atoms with van der Waals surface area (Å²) in [4.78, 5) is 0. The molecule has 4 heteroatoms. The molecule has 0 spiro atoms. The Kier molecular flexibility index (Phi) is 4.80. The number of nitrogens with zero attached hydrogens (tertiary/aromatic N) is 2. The Balaban J connectivity index is 2.17. The molecule has 0 saturated heterocycles. The van der Waals surface area contributed by atoms with Crippen molar-refractivity contribution < 1.29 is 4.42 Å². The van der Waals surface area contributed by atoms with Gasteiger partial charge in [0.1, 0.15) is 5.76 Å². The third kappa shape index (κ3) is 3.47. The monoisotopic (exact) mass is 261 g/mol. The Bertz CT molecular complexity index is 487. The van der Waals surface area contributed by atoms with Gasteiger partial charge in [-0.05, 0) is 37.6 Å². The predicted molar refractivity (Wildman–Crippen MR) is 76.0 cm³/mol. The van der Waals surface area contributed by atoms with Crippen LogP contribution in [-0.2, 0) is 19.9 Å². The smallest absolute Gasteiger partial charge is 0.105 e. The van der Waals surface area contributed by atoms with Crippen molar-refractivity contribution in [3.63, 3.8) is 0 Å². The third-order valence-corrected chi connectivity index (χ3v) is 3.31. The Hall–Kier alpha value is -1.55. The second-order valence-corrected chi connectivity index (χ2v) is 4.83. The van der Waals surface area contributed by atoms with Crippen LogP contribution in [0.15, 0.2) is 28.9 Å². The van der Waals surface area contributed by atoms with Crippen LogP contribution >= 0.6 is 0 Å². The standard InChI is InChI=1S/C15H23N3O/c1-4-8-16-14(11-13-7-6-9-19-13)15-10-12(5-2)17-18(15)3/h6-7,9-10,14,16H,4-5,8,11H2,1-3H3. The van der Waals surface area contributed by atoms with Crippen LogP contribution < -0.4 is 5.32 Å². The maximum absolute atomic E-state index is 5.47. The van der Waals surface area contributed by atoms with E-state index >= 15 is 0 Å². The highest BCUT2D eigenvalue weighted by Crippen LogP contribution is 2.19. The highest BCUT2D eigenvalue weighted by Gasteiger charge is 2.17. The summed E-state index contributed by atoms with van der Waals surface area (Å²) in [6, 6.07) is 6.41. The zero-order valence-corrected chi connectivity index (χ0v) is 12.0. The van der Waals surface area contributed by atoms with Gasteiger partial charge in [0.15, 0.2) is 0 Å². The molecule has 2 aromatic heterocycles. The molecule has 0 aliphatic heterocycles. The molecule has 0 aromatic carbocycles. The third-order valence-electron chi connectivity index (χ3n) is 3.31. The van der Waals surface area contributed by atoms with Crippen molar-refractivity contribution in [3.05, 3.63) is 41.6 Å². The normalized spacial score (nSPS) is 12.8. The number of aryl methyl sites for hydroxylation is 2. The van der Waals surface area contributed by atoms with E-state index < -0.39 is 0 Å². The van der Waals surface area contributed by atoms with Crippen molar-refractivity contribution >= 4 is 0 Å². The van der Waals surface area contributed by atoms with Gasteiger partial charge in [-0.3, -0.25) is 4.68 Å². The number of furan rings is 1. The Morgan fingerprint density at radius 1 is 1.42 bits per heavy atom. The van der Waals surface area contributed by atoms with Crippen molar-refractivity contribution in [3.8, 4) is 0 Å². The average molecular weight is 261 g/mol. The molecule has 104 valence electrons. The van der Waals surface area contributed by atoms with Gasteiger partial charge >= 0.3 is 0 Å². The SMILES string of the molecule is CCCNC(Cc1ccco1)c1cc(CC)nn1C. The molecule has 1 unspecified atom stereocenters. The average Bonchev–Trinajstić information content (AvgIpc) is 3.03.